The lowest BCUT2D eigenvalue weighted by molar-refractivity contribution is 0.0793. The lowest BCUT2D eigenvalue weighted by Gasteiger charge is -2.20. The van der Waals surface area contributed by atoms with E-state index in [1.807, 2.05) is 61.2 Å². The Morgan fingerprint density at radius 3 is 2.38 bits per heavy atom. The van der Waals surface area contributed by atoms with Crippen LogP contribution in [-0.2, 0) is 0 Å². The van der Waals surface area contributed by atoms with Crippen LogP contribution < -0.4 is 10.6 Å². The van der Waals surface area contributed by atoms with Gasteiger partial charge in [0, 0.05) is 13.1 Å². The predicted octanol–water partition coefficient (Wildman–Crippen LogP) is 4.11. The number of carbonyl (C=O) groups excluding carboxylic acids is 2. The molecule has 0 spiro atoms. The van der Waals surface area contributed by atoms with Crippen molar-refractivity contribution in [1.82, 2.24) is 10.2 Å². The van der Waals surface area contributed by atoms with E-state index < -0.39 is 0 Å². The van der Waals surface area contributed by atoms with Gasteiger partial charge in [-0.2, -0.15) is 0 Å². The SMILES string of the molecule is Cc1cccc(NC(=O)NC(C)c2ccccc2)c1C(=O)N1CCCC1. The van der Waals surface area contributed by atoms with Crippen molar-refractivity contribution in [2.24, 2.45) is 0 Å². The number of nitrogens with one attached hydrogen (secondary N) is 2. The third-order valence-electron chi connectivity index (χ3n) is 4.78. The molecule has 1 atom stereocenters. The van der Waals surface area contributed by atoms with Gasteiger partial charge in [-0.25, -0.2) is 4.79 Å². The van der Waals surface area contributed by atoms with Crippen LogP contribution in [0.25, 0.3) is 0 Å². The Morgan fingerprint density at radius 1 is 1.00 bits per heavy atom. The topological polar surface area (TPSA) is 61.4 Å². The smallest absolute Gasteiger partial charge is 0.319 e. The summed E-state index contributed by atoms with van der Waals surface area (Å²) in [5, 5.41) is 5.78. The monoisotopic (exact) mass is 351 g/mol. The first-order valence-electron chi connectivity index (χ1n) is 9.07. The molecule has 3 amide bonds. The van der Waals surface area contributed by atoms with Gasteiger partial charge in [-0.1, -0.05) is 42.5 Å². The average Bonchev–Trinajstić information content (AvgIpc) is 3.17. The number of hydrogen-bond acceptors (Lipinski definition) is 2. The van der Waals surface area contributed by atoms with Gasteiger partial charge < -0.3 is 15.5 Å². The maximum Gasteiger partial charge on any atom is 0.319 e. The fourth-order valence-corrected chi connectivity index (χ4v) is 3.31. The molecule has 0 radical (unpaired) electrons. The zero-order valence-electron chi connectivity index (χ0n) is 15.3. The van der Waals surface area contributed by atoms with Crippen LogP contribution in [0.5, 0.6) is 0 Å². The standard InChI is InChI=1S/C21H25N3O2/c1-15-9-8-12-18(19(15)20(25)24-13-6-7-14-24)23-21(26)22-16(2)17-10-4-3-5-11-17/h3-5,8-12,16H,6-7,13-14H2,1-2H3,(H2,22,23,26). The number of amides is 3. The highest BCUT2D eigenvalue weighted by molar-refractivity contribution is 6.04. The van der Waals surface area contributed by atoms with E-state index in [0.717, 1.165) is 37.1 Å². The molecule has 0 aliphatic carbocycles. The van der Waals surface area contributed by atoms with Crippen LogP contribution in [0.15, 0.2) is 48.5 Å². The molecule has 0 aromatic heterocycles. The third kappa shape index (κ3) is 4.04. The molecule has 1 unspecified atom stereocenters. The summed E-state index contributed by atoms with van der Waals surface area (Å²) in [6.07, 6.45) is 2.07. The molecule has 1 fully saturated rings. The minimum Gasteiger partial charge on any atom is -0.339 e. The fourth-order valence-electron chi connectivity index (χ4n) is 3.31. The van der Waals surface area contributed by atoms with E-state index >= 15 is 0 Å². The zero-order chi connectivity index (χ0) is 18.5. The first kappa shape index (κ1) is 18.0. The fraction of sp³-hybridized carbons (Fsp3) is 0.333. The van der Waals surface area contributed by atoms with E-state index in [1.54, 1.807) is 6.07 Å². The first-order valence-corrected chi connectivity index (χ1v) is 9.07. The lowest BCUT2D eigenvalue weighted by atomic mass is 10.0. The maximum atomic E-state index is 12.9. The highest BCUT2D eigenvalue weighted by Crippen LogP contribution is 2.24. The molecular formula is C21H25N3O2. The summed E-state index contributed by atoms with van der Waals surface area (Å²) >= 11 is 0. The number of rotatable bonds is 4. The van der Waals surface area contributed by atoms with Gasteiger partial charge in [0.15, 0.2) is 0 Å². The van der Waals surface area contributed by atoms with Gasteiger partial charge >= 0.3 is 6.03 Å². The van der Waals surface area contributed by atoms with Gasteiger partial charge in [-0.05, 0) is 43.9 Å². The molecule has 136 valence electrons. The van der Waals surface area contributed by atoms with E-state index in [0.29, 0.717) is 11.3 Å². The predicted molar refractivity (Wildman–Crippen MR) is 103 cm³/mol. The summed E-state index contributed by atoms with van der Waals surface area (Å²) in [6.45, 7) is 5.40. The lowest BCUT2D eigenvalue weighted by Crippen LogP contribution is -2.33. The summed E-state index contributed by atoms with van der Waals surface area (Å²) in [7, 11) is 0. The molecule has 1 aliphatic heterocycles. The highest BCUT2D eigenvalue weighted by Gasteiger charge is 2.24. The minimum atomic E-state index is -0.317. The summed E-state index contributed by atoms with van der Waals surface area (Å²) in [6, 6.07) is 14.9. The van der Waals surface area contributed by atoms with Crippen molar-refractivity contribution in [1.29, 1.82) is 0 Å². The molecule has 1 heterocycles. The first-order chi connectivity index (χ1) is 12.6. The molecule has 3 rings (SSSR count). The number of carbonyl (C=O) groups is 2. The summed E-state index contributed by atoms with van der Waals surface area (Å²) in [5.74, 6) is -0.00740. The minimum absolute atomic E-state index is 0.00740. The molecule has 2 aromatic rings. The van der Waals surface area contributed by atoms with Gasteiger partial charge in [0.05, 0.1) is 17.3 Å². The molecule has 0 bridgehead atoms. The molecule has 26 heavy (non-hydrogen) atoms. The third-order valence-corrected chi connectivity index (χ3v) is 4.78. The Kier molecular flexibility index (Phi) is 5.56. The maximum absolute atomic E-state index is 12.9. The molecule has 0 saturated carbocycles. The van der Waals surface area contributed by atoms with Crippen LogP contribution in [0.4, 0.5) is 10.5 Å². The number of urea groups is 1. The largest absolute Gasteiger partial charge is 0.339 e. The Labute approximate surface area is 154 Å². The van der Waals surface area contributed by atoms with Crippen LogP contribution in [0, 0.1) is 6.92 Å². The van der Waals surface area contributed by atoms with Crippen molar-refractivity contribution in [3.63, 3.8) is 0 Å². The van der Waals surface area contributed by atoms with Crippen molar-refractivity contribution in [2.75, 3.05) is 18.4 Å². The van der Waals surface area contributed by atoms with Crippen molar-refractivity contribution < 1.29 is 9.59 Å². The number of aryl methyl sites for hydroxylation is 1. The van der Waals surface area contributed by atoms with E-state index in [2.05, 4.69) is 10.6 Å². The number of likely N-dealkylation sites (tertiary alicyclic amines) is 1. The van der Waals surface area contributed by atoms with Gasteiger partial charge in [0.25, 0.3) is 5.91 Å². The number of benzene rings is 2. The Bertz CT molecular complexity index is 783. The summed E-state index contributed by atoms with van der Waals surface area (Å²) in [5.41, 5.74) is 3.03. The Hall–Kier alpha value is -2.82. The highest BCUT2D eigenvalue weighted by atomic mass is 16.2. The van der Waals surface area contributed by atoms with Crippen molar-refractivity contribution in [3.8, 4) is 0 Å². The molecule has 5 heteroatoms. The van der Waals surface area contributed by atoms with Gasteiger partial charge in [0.2, 0.25) is 0 Å². The normalized spacial score (nSPS) is 14.8. The summed E-state index contributed by atoms with van der Waals surface area (Å²) < 4.78 is 0. The second-order valence-corrected chi connectivity index (χ2v) is 6.73. The molecular weight excluding hydrogens is 326 g/mol. The van der Waals surface area contributed by atoms with Gasteiger partial charge in [0.1, 0.15) is 0 Å². The van der Waals surface area contributed by atoms with Crippen LogP contribution in [0.2, 0.25) is 0 Å². The van der Waals surface area contributed by atoms with Crippen LogP contribution in [-0.4, -0.2) is 29.9 Å². The molecule has 1 aliphatic rings. The second-order valence-electron chi connectivity index (χ2n) is 6.73. The van der Waals surface area contributed by atoms with E-state index in [9.17, 15) is 9.59 Å². The van der Waals surface area contributed by atoms with E-state index in [-0.39, 0.29) is 18.0 Å². The van der Waals surface area contributed by atoms with Crippen molar-refractivity contribution >= 4 is 17.6 Å². The Morgan fingerprint density at radius 2 is 1.69 bits per heavy atom. The van der Waals surface area contributed by atoms with Crippen molar-refractivity contribution in [2.45, 2.75) is 32.7 Å². The molecule has 1 saturated heterocycles. The van der Waals surface area contributed by atoms with Gasteiger partial charge in [-0.3, -0.25) is 4.79 Å². The zero-order valence-corrected chi connectivity index (χ0v) is 15.3. The van der Waals surface area contributed by atoms with E-state index in [1.165, 1.54) is 0 Å². The molecule has 2 aromatic carbocycles. The number of hydrogen-bond donors (Lipinski definition) is 2. The van der Waals surface area contributed by atoms with E-state index in [4.69, 9.17) is 0 Å². The average molecular weight is 351 g/mol. The van der Waals surface area contributed by atoms with Crippen molar-refractivity contribution in [3.05, 3.63) is 65.2 Å². The number of nitrogens with zero attached hydrogens (tertiary/aromatic N) is 1. The van der Waals surface area contributed by atoms with Crippen LogP contribution >= 0.6 is 0 Å². The van der Waals surface area contributed by atoms with Crippen LogP contribution in [0.3, 0.4) is 0 Å². The molecule has 2 N–H and O–H groups in total. The number of anilines is 1. The quantitative estimate of drug-likeness (QED) is 0.871. The summed E-state index contributed by atoms with van der Waals surface area (Å²) in [4.78, 5) is 27.2. The second kappa shape index (κ2) is 8.04. The van der Waals surface area contributed by atoms with Gasteiger partial charge in [-0.15, -0.1) is 0 Å². The Balaban J connectivity index is 1.74. The van der Waals surface area contributed by atoms with Crippen LogP contribution in [0.1, 0.15) is 47.3 Å². The molecule has 5 nitrogen and oxygen atoms in total.